The normalized spacial score (nSPS) is 30.3. The van der Waals surface area contributed by atoms with Gasteiger partial charge in [-0.1, -0.05) is 18.8 Å². The number of nitrogens with zero attached hydrogens (tertiary/aromatic N) is 4. The van der Waals surface area contributed by atoms with E-state index in [1.165, 1.54) is 24.2 Å². The summed E-state index contributed by atoms with van der Waals surface area (Å²) in [6.45, 7) is 11.5. The first-order valence-electron chi connectivity index (χ1n) is 17.4. The van der Waals surface area contributed by atoms with Gasteiger partial charge in [-0.2, -0.15) is 0 Å². The van der Waals surface area contributed by atoms with Gasteiger partial charge in [0.15, 0.2) is 5.72 Å². The Labute approximate surface area is 280 Å². The SMILES string of the molecule is CC1CCC(C(=O)N(c2cc(C#CC(C)(C)C)sc2C(=O)O)C2CCC(OC3(N(C)C)C=CC=NC3CN3CCCC3)CC2)CC1. The Kier molecular flexibility index (Phi) is 11.1. The molecule has 5 rings (SSSR count). The number of carbonyl (C=O) groups excluding carboxylic acids is 1. The molecular weight excluding hydrogens is 596 g/mol. The average Bonchev–Trinajstić information content (AvgIpc) is 3.68. The number of hydrogen-bond donors (Lipinski definition) is 1. The van der Waals surface area contributed by atoms with Gasteiger partial charge in [0.05, 0.1) is 16.7 Å². The van der Waals surface area contributed by atoms with E-state index in [0.717, 1.165) is 71.0 Å². The molecule has 0 aromatic carbocycles. The van der Waals surface area contributed by atoms with E-state index in [-0.39, 0.29) is 40.3 Å². The van der Waals surface area contributed by atoms with Crippen molar-refractivity contribution in [2.75, 3.05) is 38.6 Å². The minimum Gasteiger partial charge on any atom is -0.477 e. The van der Waals surface area contributed by atoms with E-state index in [1.54, 1.807) is 0 Å². The molecule has 0 spiro atoms. The molecule has 252 valence electrons. The van der Waals surface area contributed by atoms with E-state index in [1.807, 2.05) is 44.0 Å². The number of amides is 1. The number of aromatic carboxylic acids is 1. The van der Waals surface area contributed by atoms with Crippen LogP contribution in [0.1, 0.15) is 106 Å². The number of aliphatic imine (C=N–C) groups is 1. The highest BCUT2D eigenvalue weighted by molar-refractivity contribution is 7.15. The predicted molar refractivity (Wildman–Crippen MR) is 187 cm³/mol. The number of rotatable bonds is 9. The molecule has 2 aliphatic carbocycles. The number of dihydropyridines is 1. The predicted octanol–water partition coefficient (Wildman–Crippen LogP) is 6.69. The number of allylic oxidation sites excluding steroid dienone is 1. The van der Waals surface area contributed by atoms with Crippen molar-refractivity contribution in [2.24, 2.45) is 22.2 Å². The fraction of sp³-hybridized carbons (Fsp3) is 0.703. The van der Waals surface area contributed by atoms with Crippen LogP contribution in [0.15, 0.2) is 23.2 Å². The molecule has 3 fully saturated rings. The van der Waals surface area contributed by atoms with Crippen LogP contribution in [-0.4, -0.2) is 90.6 Å². The Morgan fingerprint density at radius 3 is 2.37 bits per heavy atom. The number of likely N-dealkylation sites (N-methyl/N-ethyl adjacent to an activating group) is 1. The molecule has 1 saturated heterocycles. The fourth-order valence-electron chi connectivity index (χ4n) is 7.52. The zero-order chi connectivity index (χ0) is 33.1. The number of carbonyl (C=O) groups is 2. The van der Waals surface area contributed by atoms with E-state index >= 15 is 0 Å². The van der Waals surface area contributed by atoms with Gasteiger partial charge in [-0.15, -0.1) is 11.3 Å². The number of ether oxygens (including phenoxy) is 1. The summed E-state index contributed by atoms with van der Waals surface area (Å²) in [4.78, 5) is 39.3. The molecule has 2 unspecified atom stereocenters. The molecule has 1 aromatic heterocycles. The molecule has 46 heavy (non-hydrogen) atoms. The van der Waals surface area contributed by atoms with Crippen molar-refractivity contribution in [3.8, 4) is 11.8 Å². The summed E-state index contributed by atoms with van der Waals surface area (Å²) in [6.07, 6.45) is 15.4. The maximum atomic E-state index is 14.4. The molecule has 0 bridgehead atoms. The van der Waals surface area contributed by atoms with Crippen molar-refractivity contribution in [1.82, 2.24) is 9.80 Å². The lowest BCUT2D eigenvalue weighted by atomic mass is 9.81. The third kappa shape index (κ3) is 8.13. The van der Waals surface area contributed by atoms with Crippen molar-refractivity contribution in [3.63, 3.8) is 0 Å². The number of carboxylic acids is 1. The van der Waals surface area contributed by atoms with Crippen LogP contribution in [0.4, 0.5) is 5.69 Å². The number of carboxylic acid groups (broad SMARTS) is 1. The molecule has 3 heterocycles. The molecule has 1 N–H and O–H groups in total. The fourth-order valence-corrected chi connectivity index (χ4v) is 8.36. The van der Waals surface area contributed by atoms with Crippen LogP contribution in [0, 0.1) is 29.1 Å². The van der Waals surface area contributed by atoms with Crippen LogP contribution in [0.2, 0.25) is 0 Å². The molecule has 2 atom stereocenters. The van der Waals surface area contributed by atoms with E-state index in [0.29, 0.717) is 16.5 Å². The summed E-state index contributed by atoms with van der Waals surface area (Å²) in [5.41, 5.74) is -0.326. The second kappa shape index (κ2) is 14.7. The third-order valence-corrected chi connectivity index (χ3v) is 11.2. The largest absolute Gasteiger partial charge is 0.477 e. The quantitative estimate of drug-likeness (QED) is 0.237. The van der Waals surface area contributed by atoms with Gasteiger partial charge < -0.3 is 19.6 Å². The Morgan fingerprint density at radius 1 is 1.09 bits per heavy atom. The van der Waals surface area contributed by atoms with E-state index < -0.39 is 11.7 Å². The molecule has 1 aromatic rings. The number of anilines is 1. The van der Waals surface area contributed by atoms with E-state index in [4.69, 9.17) is 9.73 Å². The summed E-state index contributed by atoms with van der Waals surface area (Å²) in [5.74, 6) is 6.06. The van der Waals surface area contributed by atoms with Gasteiger partial charge in [0, 0.05) is 30.1 Å². The van der Waals surface area contributed by atoms with Gasteiger partial charge in [-0.3, -0.25) is 14.7 Å². The molecule has 2 aliphatic heterocycles. The second-order valence-corrected chi connectivity index (χ2v) is 16.2. The van der Waals surface area contributed by atoms with Crippen molar-refractivity contribution in [1.29, 1.82) is 0 Å². The minimum atomic E-state index is -1.00. The highest BCUT2D eigenvalue weighted by atomic mass is 32.1. The van der Waals surface area contributed by atoms with Gasteiger partial charge >= 0.3 is 5.97 Å². The average molecular weight is 651 g/mol. The summed E-state index contributed by atoms with van der Waals surface area (Å²) < 4.78 is 7.04. The summed E-state index contributed by atoms with van der Waals surface area (Å²) in [5, 5.41) is 10.3. The van der Waals surface area contributed by atoms with Gasteiger partial charge in [0.1, 0.15) is 10.9 Å². The standard InChI is InChI=1S/C37H54N4O4S/c1-26-10-12-27(13-11-26)34(42)41(31-24-30(18-20-36(2,3)4)46-33(31)35(43)44)28-14-16-29(17-15-28)45-37(39(5)6)19-9-21-38-32(37)25-40-22-7-8-23-40/h9,19,21,24,26-29,32H,7-8,10-17,22-23,25H2,1-6H3,(H,43,44). The Hall–Kier alpha value is -2.51. The topological polar surface area (TPSA) is 85.7 Å². The molecule has 1 amide bonds. The molecule has 4 aliphatic rings. The van der Waals surface area contributed by atoms with Crippen LogP contribution < -0.4 is 4.90 Å². The minimum absolute atomic E-state index is 0.0137. The van der Waals surface area contributed by atoms with E-state index in [2.05, 4.69) is 48.7 Å². The van der Waals surface area contributed by atoms with Crippen molar-refractivity contribution in [2.45, 2.75) is 116 Å². The lowest BCUT2D eigenvalue weighted by Crippen LogP contribution is -2.59. The van der Waals surface area contributed by atoms with E-state index in [9.17, 15) is 14.7 Å². The second-order valence-electron chi connectivity index (χ2n) is 15.2. The number of hydrogen-bond acceptors (Lipinski definition) is 7. The summed E-state index contributed by atoms with van der Waals surface area (Å²) in [6, 6.07) is 1.75. The number of thiophene rings is 1. The monoisotopic (exact) mass is 650 g/mol. The zero-order valence-electron chi connectivity index (χ0n) is 28.8. The first kappa shape index (κ1) is 34.8. The van der Waals surface area contributed by atoms with Crippen molar-refractivity contribution >= 4 is 35.1 Å². The molecule has 9 heteroatoms. The van der Waals surface area contributed by atoms with Crippen LogP contribution in [0.5, 0.6) is 0 Å². The van der Waals surface area contributed by atoms with Crippen LogP contribution in [-0.2, 0) is 9.53 Å². The Morgan fingerprint density at radius 2 is 1.76 bits per heavy atom. The number of likely N-dealkylation sites (tertiary alicyclic amines) is 1. The lowest BCUT2D eigenvalue weighted by molar-refractivity contribution is -0.163. The third-order valence-electron chi connectivity index (χ3n) is 10.2. The first-order chi connectivity index (χ1) is 21.9. The smallest absolute Gasteiger partial charge is 0.348 e. The highest BCUT2D eigenvalue weighted by Gasteiger charge is 2.45. The van der Waals surface area contributed by atoms with Gasteiger partial charge in [-0.05, 0) is 136 Å². The van der Waals surface area contributed by atoms with Gasteiger partial charge in [0.2, 0.25) is 5.91 Å². The van der Waals surface area contributed by atoms with Crippen LogP contribution in [0.25, 0.3) is 0 Å². The van der Waals surface area contributed by atoms with Crippen molar-refractivity contribution < 1.29 is 19.4 Å². The van der Waals surface area contributed by atoms with Crippen LogP contribution in [0.3, 0.4) is 0 Å². The molecular formula is C37H54N4O4S. The van der Waals surface area contributed by atoms with Crippen molar-refractivity contribution in [3.05, 3.63) is 28.0 Å². The van der Waals surface area contributed by atoms with Crippen LogP contribution >= 0.6 is 11.3 Å². The summed E-state index contributed by atoms with van der Waals surface area (Å²) in [7, 11) is 4.15. The maximum absolute atomic E-state index is 14.4. The highest BCUT2D eigenvalue weighted by Crippen LogP contribution is 2.40. The zero-order valence-corrected chi connectivity index (χ0v) is 29.6. The van der Waals surface area contributed by atoms with Gasteiger partial charge in [0.25, 0.3) is 0 Å². The lowest BCUT2D eigenvalue weighted by Gasteiger charge is -2.47. The first-order valence-corrected chi connectivity index (χ1v) is 18.2. The maximum Gasteiger partial charge on any atom is 0.348 e. The Bertz CT molecular complexity index is 1350. The van der Waals surface area contributed by atoms with Gasteiger partial charge in [-0.25, -0.2) is 4.79 Å². The molecule has 0 radical (unpaired) electrons. The summed E-state index contributed by atoms with van der Waals surface area (Å²) >= 11 is 1.18. The Balaban J connectivity index is 1.38. The molecule has 2 saturated carbocycles. The molecule has 8 nitrogen and oxygen atoms in total.